The predicted molar refractivity (Wildman–Crippen MR) is 83.9 cm³/mol. The largest absolute Gasteiger partial charge is 0.350 e. The number of nitrogens with zero attached hydrogens (tertiary/aromatic N) is 1. The molecule has 0 spiro atoms. The van der Waals surface area contributed by atoms with Gasteiger partial charge in [-0.1, -0.05) is 23.7 Å². The van der Waals surface area contributed by atoms with E-state index in [1.165, 1.54) is 6.08 Å². The third kappa shape index (κ3) is 4.90. The summed E-state index contributed by atoms with van der Waals surface area (Å²) < 4.78 is 0. The normalized spacial score (nSPS) is 16.2. The molecule has 1 aromatic carbocycles. The Hall–Kier alpha value is -1.81. The highest BCUT2D eigenvalue weighted by Gasteiger charge is 2.21. The summed E-state index contributed by atoms with van der Waals surface area (Å²) in [5, 5.41) is 3.65. The summed E-state index contributed by atoms with van der Waals surface area (Å²) in [5.74, 6) is -0.00589. The van der Waals surface area contributed by atoms with E-state index in [9.17, 15) is 9.59 Å². The van der Waals surface area contributed by atoms with Gasteiger partial charge in [-0.05, 0) is 36.6 Å². The zero-order valence-corrected chi connectivity index (χ0v) is 12.8. The van der Waals surface area contributed by atoms with Crippen LogP contribution in [0.4, 0.5) is 0 Å². The molecular weight excluding hydrogens is 288 g/mol. The van der Waals surface area contributed by atoms with Gasteiger partial charge in [0, 0.05) is 37.2 Å². The quantitative estimate of drug-likeness (QED) is 0.872. The minimum Gasteiger partial charge on any atom is -0.350 e. The fourth-order valence-electron chi connectivity index (χ4n) is 2.33. The maximum absolute atomic E-state index is 11.9. The highest BCUT2D eigenvalue weighted by atomic mass is 35.5. The smallest absolute Gasteiger partial charge is 0.244 e. The summed E-state index contributed by atoms with van der Waals surface area (Å²) in [6.45, 7) is 3.00. The second-order valence-corrected chi connectivity index (χ2v) is 5.61. The summed E-state index contributed by atoms with van der Waals surface area (Å²) in [6, 6.07) is 7.44. The molecule has 0 unspecified atom stereocenters. The Morgan fingerprint density at radius 2 is 1.86 bits per heavy atom. The van der Waals surface area contributed by atoms with Crippen LogP contribution in [0.25, 0.3) is 6.08 Å². The molecule has 0 radical (unpaired) electrons. The molecule has 0 atom stereocenters. The maximum Gasteiger partial charge on any atom is 0.244 e. The van der Waals surface area contributed by atoms with Crippen LogP contribution >= 0.6 is 11.6 Å². The van der Waals surface area contributed by atoms with Gasteiger partial charge in [0.1, 0.15) is 0 Å². The third-order valence-electron chi connectivity index (χ3n) is 3.58. The second-order valence-electron chi connectivity index (χ2n) is 5.17. The van der Waals surface area contributed by atoms with E-state index in [-0.39, 0.29) is 17.9 Å². The summed E-state index contributed by atoms with van der Waals surface area (Å²) in [5.41, 5.74) is 0.931. The molecule has 2 amide bonds. The number of hydrogen-bond donors (Lipinski definition) is 1. The molecular formula is C16H19ClN2O2. The van der Waals surface area contributed by atoms with E-state index in [0.29, 0.717) is 18.1 Å². The number of carbonyl (C=O) groups is 2. The number of piperidine rings is 1. The highest BCUT2D eigenvalue weighted by molar-refractivity contribution is 6.30. The first-order valence-electron chi connectivity index (χ1n) is 7.04. The van der Waals surface area contributed by atoms with Gasteiger partial charge in [-0.3, -0.25) is 9.59 Å². The predicted octanol–water partition coefficient (Wildman–Crippen LogP) is 2.48. The van der Waals surface area contributed by atoms with Gasteiger partial charge >= 0.3 is 0 Å². The van der Waals surface area contributed by atoms with Crippen molar-refractivity contribution in [2.24, 2.45) is 0 Å². The Bertz CT molecular complexity index is 532. The standard InChI is InChI=1S/C16H19ClN2O2/c1-12(20)19-10-8-15(9-11-19)18-16(21)7-4-13-2-5-14(17)6-3-13/h2-7,15H,8-11H2,1H3,(H,18,21). The molecule has 2 rings (SSSR count). The number of hydrogen-bond acceptors (Lipinski definition) is 2. The molecule has 0 saturated carbocycles. The molecule has 5 heteroatoms. The lowest BCUT2D eigenvalue weighted by Crippen LogP contribution is -2.45. The van der Waals surface area contributed by atoms with Crippen LogP contribution in [0.5, 0.6) is 0 Å². The van der Waals surface area contributed by atoms with E-state index in [1.807, 2.05) is 17.0 Å². The van der Waals surface area contributed by atoms with Crippen molar-refractivity contribution in [3.05, 3.63) is 40.9 Å². The van der Waals surface area contributed by atoms with Crippen molar-refractivity contribution < 1.29 is 9.59 Å². The first-order chi connectivity index (χ1) is 10.0. The number of halogens is 1. The molecule has 1 saturated heterocycles. The minimum absolute atomic E-state index is 0.0995. The molecule has 1 aromatic rings. The number of nitrogens with one attached hydrogen (secondary N) is 1. The van der Waals surface area contributed by atoms with E-state index >= 15 is 0 Å². The molecule has 1 fully saturated rings. The van der Waals surface area contributed by atoms with Crippen LogP contribution in [0.3, 0.4) is 0 Å². The first-order valence-corrected chi connectivity index (χ1v) is 7.42. The van der Waals surface area contributed by atoms with Crippen molar-refractivity contribution in [1.82, 2.24) is 10.2 Å². The number of rotatable bonds is 3. The van der Waals surface area contributed by atoms with E-state index in [4.69, 9.17) is 11.6 Å². The zero-order chi connectivity index (χ0) is 15.2. The Morgan fingerprint density at radius 3 is 2.43 bits per heavy atom. The van der Waals surface area contributed by atoms with E-state index in [0.717, 1.165) is 18.4 Å². The van der Waals surface area contributed by atoms with Gasteiger partial charge in [0.15, 0.2) is 0 Å². The monoisotopic (exact) mass is 306 g/mol. The molecule has 0 aliphatic carbocycles. The Balaban J connectivity index is 1.80. The fraction of sp³-hybridized carbons (Fsp3) is 0.375. The van der Waals surface area contributed by atoms with Crippen LogP contribution < -0.4 is 5.32 Å². The molecule has 4 nitrogen and oxygen atoms in total. The summed E-state index contributed by atoms with van der Waals surface area (Å²) in [4.78, 5) is 24.9. The van der Waals surface area contributed by atoms with Crippen LogP contribution in [0.2, 0.25) is 5.02 Å². The highest BCUT2D eigenvalue weighted by Crippen LogP contribution is 2.12. The van der Waals surface area contributed by atoms with Gasteiger partial charge in [0.05, 0.1) is 0 Å². The van der Waals surface area contributed by atoms with Crippen LogP contribution in [0, 0.1) is 0 Å². The van der Waals surface area contributed by atoms with Crippen molar-refractivity contribution in [2.75, 3.05) is 13.1 Å². The van der Waals surface area contributed by atoms with Crippen molar-refractivity contribution in [2.45, 2.75) is 25.8 Å². The first kappa shape index (κ1) is 15.6. The van der Waals surface area contributed by atoms with Crippen LogP contribution in [-0.2, 0) is 9.59 Å². The molecule has 0 aromatic heterocycles. The molecule has 21 heavy (non-hydrogen) atoms. The van der Waals surface area contributed by atoms with Gasteiger partial charge in [-0.25, -0.2) is 0 Å². The average molecular weight is 307 g/mol. The number of carbonyl (C=O) groups excluding carboxylic acids is 2. The summed E-state index contributed by atoms with van der Waals surface area (Å²) in [6.07, 6.45) is 4.90. The Morgan fingerprint density at radius 1 is 1.24 bits per heavy atom. The maximum atomic E-state index is 11.9. The lowest BCUT2D eigenvalue weighted by Gasteiger charge is -2.31. The van der Waals surface area contributed by atoms with Gasteiger partial charge in [-0.15, -0.1) is 0 Å². The number of likely N-dealkylation sites (tertiary alicyclic amines) is 1. The topological polar surface area (TPSA) is 49.4 Å². The van der Waals surface area contributed by atoms with E-state index < -0.39 is 0 Å². The molecule has 1 aliphatic heterocycles. The Kier molecular flexibility index (Phi) is 5.39. The molecule has 112 valence electrons. The molecule has 0 bridgehead atoms. The van der Waals surface area contributed by atoms with Crippen molar-refractivity contribution in [3.63, 3.8) is 0 Å². The zero-order valence-electron chi connectivity index (χ0n) is 12.0. The third-order valence-corrected chi connectivity index (χ3v) is 3.84. The Labute approximate surface area is 129 Å². The van der Waals surface area contributed by atoms with Gasteiger partial charge in [-0.2, -0.15) is 0 Å². The van der Waals surface area contributed by atoms with Crippen molar-refractivity contribution >= 4 is 29.5 Å². The molecule has 1 N–H and O–H groups in total. The fourth-order valence-corrected chi connectivity index (χ4v) is 2.46. The summed E-state index contributed by atoms with van der Waals surface area (Å²) >= 11 is 5.81. The van der Waals surface area contributed by atoms with Gasteiger partial charge < -0.3 is 10.2 Å². The lowest BCUT2D eigenvalue weighted by atomic mass is 10.0. The molecule has 1 aliphatic rings. The lowest BCUT2D eigenvalue weighted by molar-refractivity contribution is -0.129. The van der Waals surface area contributed by atoms with E-state index in [1.54, 1.807) is 25.1 Å². The van der Waals surface area contributed by atoms with Crippen LogP contribution in [0.15, 0.2) is 30.3 Å². The van der Waals surface area contributed by atoms with Crippen LogP contribution in [0.1, 0.15) is 25.3 Å². The second kappa shape index (κ2) is 7.27. The van der Waals surface area contributed by atoms with Crippen LogP contribution in [-0.4, -0.2) is 35.8 Å². The van der Waals surface area contributed by atoms with Crippen molar-refractivity contribution in [1.29, 1.82) is 0 Å². The molecule has 1 heterocycles. The van der Waals surface area contributed by atoms with Crippen molar-refractivity contribution in [3.8, 4) is 0 Å². The minimum atomic E-state index is -0.105. The average Bonchev–Trinajstić information content (AvgIpc) is 2.47. The number of benzene rings is 1. The number of amides is 2. The van der Waals surface area contributed by atoms with Gasteiger partial charge in [0.2, 0.25) is 11.8 Å². The summed E-state index contributed by atoms with van der Waals surface area (Å²) in [7, 11) is 0. The van der Waals surface area contributed by atoms with E-state index in [2.05, 4.69) is 5.32 Å². The van der Waals surface area contributed by atoms with Gasteiger partial charge in [0.25, 0.3) is 0 Å². The SMILES string of the molecule is CC(=O)N1CCC(NC(=O)C=Cc2ccc(Cl)cc2)CC1.